The molecular weight excluding hydrogens is 326 g/mol. The van der Waals surface area contributed by atoms with Crippen molar-refractivity contribution in [2.75, 3.05) is 0 Å². The first-order chi connectivity index (χ1) is 5.78. The molecule has 0 saturated carbocycles. The summed E-state index contributed by atoms with van der Waals surface area (Å²) in [6.07, 6.45) is -2.29. The van der Waals surface area contributed by atoms with Crippen molar-refractivity contribution in [1.29, 1.82) is 0 Å². The summed E-state index contributed by atoms with van der Waals surface area (Å²) >= 11 is 0. The van der Waals surface area contributed by atoms with E-state index in [9.17, 15) is 14.4 Å². The molecule has 0 rings (SSSR count). The predicted octanol–water partition coefficient (Wildman–Crippen LogP) is -10.1. The third-order valence-electron chi connectivity index (χ3n) is 1.29. The van der Waals surface area contributed by atoms with Crippen molar-refractivity contribution in [3.8, 4) is 0 Å². The van der Waals surface area contributed by atoms with Crippen LogP contribution in [0, 0.1) is 0 Å². The zero-order chi connectivity index (χ0) is 10.6. The van der Waals surface area contributed by atoms with E-state index >= 15 is 0 Å². The van der Waals surface area contributed by atoms with Crippen molar-refractivity contribution in [3.05, 3.63) is 0 Å². The summed E-state index contributed by atoms with van der Waals surface area (Å²) in [5.41, 5.74) is -2.74. The molecule has 0 heterocycles. The van der Waals surface area contributed by atoms with Crippen LogP contribution in [-0.2, 0) is 14.4 Å². The van der Waals surface area contributed by atoms with Crippen LogP contribution in [0.4, 0.5) is 0 Å². The molecule has 17 heavy (non-hydrogen) atoms. The summed E-state index contributed by atoms with van der Waals surface area (Å²) in [6.45, 7) is 0. The second kappa shape index (κ2) is 16.4. The number of hydrogen-bond acceptors (Lipinski definition) is 4. The van der Waals surface area contributed by atoms with Gasteiger partial charge in [0.05, 0.1) is 12.8 Å². The Kier molecular flexibility index (Phi) is 31.7. The maximum Gasteiger partial charge on any atom is 2.00 e. The summed E-state index contributed by atoms with van der Waals surface area (Å²) in [5, 5.41) is 33.8. The van der Waals surface area contributed by atoms with Crippen molar-refractivity contribution in [2.24, 2.45) is 0 Å². The van der Waals surface area contributed by atoms with Crippen LogP contribution >= 0.6 is 0 Å². The molecule has 0 aromatic heterocycles. The summed E-state index contributed by atoms with van der Waals surface area (Å²) in [7, 11) is 0. The third kappa shape index (κ3) is 16.2. The second-order valence-corrected chi connectivity index (χ2v) is 2.48. The predicted molar refractivity (Wildman–Crippen MR) is 48.4 cm³/mol. The average Bonchev–Trinajstić information content (AvgIpc) is 1.82. The number of carbonyl (C=O) groups is 3. The molecule has 0 fully saturated rings. The molecule has 0 unspecified atom stereocenters. The SMILES string of the molecule is O=C(O)CC(O)(CC(=O)O)C(=O)O.[H-].[H-].[H-].[H-].[H-].[K+].[K+].[K+].[Mg+2]. The molecule has 0 aromatic carbocycles. The van der Waals surface area contributed by atoms with Gasteiger partial charge in [-0.15, -0.1) is 0 Å². The quantitative estimate of drug-likeness (QED) is 0.366. The fourth-order valence-electron chi connectivity index (χ4n) is 0.714. The van der Waals surface area contributed by atoms with Gasteiger partial charge in [0.25, 0.3) is 0 Å². The van der Waals surface area contributed by atoms with E-state index in [-0.39, 0.29) is 184 Å². The van der Waals surface area contributed by atoms with Gasteiger partial charge in [0.15, 0.2) is 5.60 Å². The number of aliphatic hydroxyl groups is 1. The maximum absolute atomic E-state index is 10.3. The Morgan fingerprint density at radius 2 is 1.12 bits per heavy atom. The van der Waals surface area contributed by atoms with Gasteiger partial charge in [0, 0.05) is 0 Å². The van der Waals surface area contributed by atoms with Crippen LogP contribution in [0.2, 0.25) is 0 Å². The molecular formula is C6H13K3MgO7. The molecule has 0 saturated heterocycles. The van der Waals surface area contributed by atoms with E-state index in [1.165, 1.54) is 0 Å². The van der Waals surface area contributed by atoms with Gasteiger partial charge in [-0.05, 0) is 0 Å². The normalized spacial score (nSPS) is 8.29. The molecule has 0 radical (unpaired) electrons. The third-order valence-corrected chi connectivity index (χ3v) is 1.29. The molecule has 0 aliphatic heterocycles. The molecule has 0 spiro atoms. The first-order valence-corrected chi connectivity index (χ1v) is 3.17. The van der Waals surface area contributed by atoms with E-state index in [0.29, 0.717) is 0 Å². The molecule has 4 N–H and O–H groups in total. The summed E-state index contributed by atoms with van der Waals surface area (Å²) in [6, 6.07) is 0. The van der Waals surface area contributed by atoms with E-state index in [1.807, 2.05) is 0 Å². The first-order valence-electron chi connectivity index (χ1n) is 3.17. The van der Waals surface area contributed by atoms with Crippen molar-refractivity contribution in [1.82, 2.24) is 0 Å². The summed E-state index contributed by atoms with van der Waals surface area (Å²) < 4.78 is 0. The molecule has 84 valence electrons. The first kappa shape index (κ1) is 32.8. The Morgan fingerprint density at radius 1 is 0.882 bits per heavy atom. The van der Waals surface area contributed by atoms with Gasteiger partial charge in [-0.3, -0.25) is 9.59 Å². The van der Waals surface area contributed by atoms with E-state index in [0.717, 1.165) is 0 Å². The number of carboxylic acid groups (broad SMARTS) is 3. The molecule has 0 aromatic rings. The monoisotopic (exact) mass is 338 g/mol. The largest absolute Gasteiger partial charge is 2.00 e. The zero-order valence-electron chi connectivity index (χ0n) is 15.1. The van der Waals surface area contributed by atoms with Gasteiger partial charge in [-0.1, -0.05) is 0 Å². The van der Waals surface area contributed by atoms with Crippen LogP contribution in [-0.4, -0.2) is 67.0 Å². The second-order valence-electron chi connectivity index (χ2n) is 2.48. The van der Waals surface area contributed by atoms with Crippen molar-refractivity contribution in [3.63, 3.8) is 0 Å². The Balaban J connectivity index is -0.0000000200. The Bertz CT molecular complexity index is 261. The van der Waals surface area contributed by atoms with Gasteiger partial charge in [0.1, 0.15) is 0 Å². The molecule has 0 aliphatic carbocycles. The molecule has 0 amide bonds. The number of rotatable bonds is 5. The maximum atomic E-state index is 10.3. The fraction of sp³-hybridized carbons (Fsp3) is 0.500. The zero-order valence-corrected chi connectivity index (χ0v) is 20.9. The van der Waals surface area contributed by atoms with Crippen LogP contribution in [0.25, 0.3) is 0 Å². The van der Waals surface area contributed by atoms with Crippen molar-refractivity contribution in [2.45, 2.75) is 18.4 Å². The minimum absolute atomic E-state index is 0. The van der Waals surface area contributed by atoms with Crippen molar-refractivity contribution >= 4 is 41.0 Å². The van der Waals surface area contributed by atoms with Crippen LogP contribution in [0.1, 0.15) is 20.0 Å². The minimum Gasteiger partial charge on any atom is -1.00 e. The van der Waals surface area contributed by atoms with Gasteiger partial charge in [-0.25, -0.2) is 4.79 Å². The minimum atomic E-state index is -2.74. The fourth-order valence-corrected chi connectivity index (χ4v) is 0.714. The molecule has 0 atom stereocenters. The van der Waals surface area contributed by atoms with Gasteiger partial charge >= 0.3 is 195 Å². The van der Waals surface area contributed by atoms with Gasteiger partial charge < -0.3 is 27.6 Å². The number of hydrogen-bond donors (Lipinski definition) is 4. The Hall–Kier alpha value is 4.05. The summed E-state index contributed by atoms with van der Waals surface area (Å²) in [4.78, 5) is 30.5. The molecule has 0 aliphatic rings. The molecule has 11 heteroatoms. The number of aliphatic carboxylic acids is 3. The standard InChI is InChI=1S/C6H8O7.3K.Mg.5H/c7-3(8)1-6(13,5(11)12)2-4(9)10;;;;;;;;;/h13H,1-2H2,(H,7,8)(H,9,10)(H,11,12);;;;;;;;;/q;3*+1;+2;5*-1. The van der Waals surface area contributed by atoms with Crippen LogP contribution < -0.4 is 154 Å². The van der Waals surface area contributed by atoms with Gasteiger partial charge in [-0.2, -0.15) is 0 Å². The van der Waals surface area contributed by atoms with E-state index in [4.69, 9.17) is 20.4 Å². The van der Waals surface area contributed by atoms with E-state index in [1.54, 1.807) is 0 Å². The smallest absolute Gasteiger partial charge is 1.00 e. The summed E-state index contributed by atoms with van der Waals surface area (Å²) in [5.74, 6) is -5.02. The van der Waals surface area contributed by atoms with E-state index < -0.39 is 36.4 Å². The molecule has 7 nitrogen and oxygen atoms in total. The Morgan fingerprint density at radius 3 is 1.24 bits per heavy atom. The van der Waals surface area contributed by atoms with Gasteiger partial charge in [0.2, 0.25) is 0 Å². The average molecular weight is 339 g/mol. The Labute approximate surface area is 249 Å². The van der Waals surface area contributed by atoms with Crippen LogP contribution in [0.5, 0.6) is 0 Å². The molecule has 0 bridgehead atoms. The van der Waals surface area contributed by atoms with Crippen LogP contribution in [0.3, 0.4) is 0 Å². The van der Waals surface area contributed by atoms with E-state index in [2.05, 4.69) is 0 Å². The number of carboxylic acids is 3. The van der Waals surface area contributed by atoms with Crippen LogP contribution in [0.15, 0.2) is 0 Å². The van der Waals surface area contributed by atoms with Crippen molar-refractivity contribution < 1.29 is 196 Å². The topological polar surface area (TPSA) is 132 Å².